The molecule has 0 spiro atoms. The Hall–Kier alpha value is -2.04. The normalized spacial score (nSPS) is 14.1. The Morgan fingerprint density at radius 2 is 1.08 bits per heavy atom. The first kappa shape index (κ1) is 24.0. The number of rotatable bonds is 4. The number of carbonyl (C=O) groups excluding carboxylic acids is 1. The number of hydrogen-bond acceptors (Lipinski definition) is 2. The zero-order valence-corrected chi connectivity index (χ0v) is 10.9. The van der Waals surface area contributed by atoms with Crippen molar-refractivity contribution < 1.29 is 75.4 Å². The molecule has 154 valence electrons. The molecule has 0 rings (SSSR count). The van der Waals surface area contributed by atoms with E-state index in [4.69, 9.17) is 0 Å². The van der Waals surface area contributed by atoms with E-state index in [2.05, 4.69) is 0 Å². The van der Waals surface area contributed by atoms with Crippen molar-refractivity contribution in [3.05, 3.63) is 11.9 Å². The molecule has 0 aliphatic carbocycles. The van der Waals surface area contributed by atoms with Gasteiger partial charge in [0.1, 0.15) is 0 Å². The molecule has 26 heavy (non-hydrogen) atoms. The molecule has 18 heteroatoms. The second-order valence-electron chi connectivity index (χ2n) is 3.87. The third kappa shape index (κ3) is 4.37. The van der Waals surface area contributed by atoms with Gasteiger partial charge in [0, 0.05) is 0 Å². The lowest BCUT2D eigenvalue weighted by Gasteiger charge is -2.36. The van der Waals surface area contributed by atoms with Gasteiger partial charge in [-0.3, -0.25) is 0 Å². The average molecular weight is 427 g/mol. The van der Waals surface area contributed by atoms with Crippen molar-refractivity contribution in [3.63, 3.8) is 0 Å². The molecule has 0 N–H and O–H groups in total. The molecule has 0 aliphatic heterocycles. The highest BCUT2D eigenvalue weighted by Crippen LogP contribution is 2.47. The summed E-state index contributed by atoms with van der Waals surface area (Å²) in [5.74, 6) is -4.48. The van der Waals surface area contributed by atoms with Gasteiger partial charge in [0.15, 0.2) is 0 Å². The van der Waals surface area contributed by atoms with Gasteiger partial charge in [0.25, 0.3) is 5.83 Å². The van der Waals surface area contributed by atoms with Gasteiger partial charge < -0.3 is 4.74 Å². The summed E-state index contributed by atoms with van der Waals surface area (Å²) in [4.78, 5) is 7.03. The predicted molar refractivity (Wildman–Crippen MR) is 45.6 cm³/mol. The fourth-order valence-electron chi connectivity index (χ4n) is 0.957. The minimum atomic E-state index is -7.43. The lowest BCUT2D eigenvalue weighted by molar-refractivity contribution is -0.395. The van der Waals surface area contributed by atoms with Crippen molar-refractivity contribution in [3.8, 4) is 0 Å². The van der Waals surface area contributed by atoms with Crippen LogP contribution in [0.15, 0.2) is 11.9 Å². The first-order valence-electron chi connectivity index (χ1n) is 5.12. The number of nitrogens with zero attached hydrogens (tertiary/aromatic N) is 1. The molecule has 3 nitrogen and oxygen atoms in total. The number of halogens is 15. The van der Waals surface area contributed by atoms with Gasteiger partial charge in [-0.05, 0) is 0 Å². The number of amides is 1. The van der Waals surface area contributed by atoms with Crippen molar-refractivity contribution in [2.45, 2.75) is 30.6 Å². The Balaban J connectivity index is 6.40. The van der Waals surface area contributed by atoms with Crippen LogP contribution in [0.3, 0.4) is 0 Å². The molecule has 0 aliphatic rings. The highest BCUT2D eigenvalue weighted by Gasteiger charge is 2.73. The molecular formula is C8F15NO2. The highest BCUT2D eigenvalue weighted by molar-refractivity contribution is 5.70. The van der Waals surface area contributed by atoms with Gasteiger partial charge in [-0.25, -0.2) is 4.79 Å². The first-order chi connectivity index (χ1) is 11.1. The quantitative estimate of drug-likeness (QED) is 0.444. The molecule has 0 saturated carbocycles. The van der Waals surface area contributed by atoms with Crippen LogP contribution in [0.1, 0.15) is 0 Å². The molecule has 0 aromatic heterocycles. The van der Waals surface area contributed by atoms with Crippen LogP contribution in [0.25, 0.3) is 0 Å². The summed E-state index contributed by atoms with van der Waals surface area (Å²) in [6, 6.07) is -14.5. The maximum absolute atomic E-state index is 13.1. The number of carbonyl (C=O) groups is 1. The molecule has 0 heterocycles. The maximum atomic E-state index is 13.1. The summed E-state index contributed by atoms with van der Waals surface area (Å²) >= 11 is 0. The van der Waals surface area contributed by atoms with Crippen LogP contribution in [0, 0.1) is 0 Å². The monoisotopic (exact) mass is 427 g/mol. The molecule has 0 bridgehead atoms. The number of hydrogen-bond donors (Lipinski definition) is 0. The topological polar surface area (TPSA) is 29.5 Å². The van der Waals surface area contributed by atoms with Crippen molar-refractivity contribution in [2.75, 3.05) is 0 Å². The lowest BCUT2D eigenvalue weighted by atomic mass is 10.3. The lowest BCUT2D eigenvalue weighted by Crippen LogP contribution is -2.63. The van der Waals surface area contributed by atoms with Crippen molar-refractivity contribution >= 4 is 6.09 Å². The van der Waals surface area contributed by atoms with Crippen molar-refractivity contribution in [2.24, 2.45) is 0 Å². The van der Waals surface area contributed by atoms with E-state index in [1.807, 2.05) is 0 Å². The standard InChI is InChI=1S/C8F15NO2/c9-1(2(10)11)4(12,13)24(7(20,21)5(14,15)16)3(25)26-8(22,23)6(17,18)19. The largest absolute Gasteiger partial charge is 0.502 e. The summed E-state index contributed by atoms with van der Waals surface area (Å²) in [6.07, 6.45) is -30.1. The van der Waals surface area contributed by atoms with Crippen LogP contribution in [0.2, 0.25) is 0 Å². The van der Waals surface area contributed by atoms with Crippen LogP contribution < -0.4 is 0 Å². The molecule has 0 radical (unpaired) electrons. The maximum Gasteiger partial charge on any atom is 0.502 e. The van der Waals surface area contributed by atoms with Crippen LogP contribution in [0.4, 0.5) is 70.7 Å². The summed E-state index contributed by atoms with van der Waals surface area (Å²) in [5, 5.41) is 0. The van der Waals surface area contributed by atoms with Gasteiger partial charge in [-0.15, -0.1) is 0 Å². The zero-order chi connectivity index (χ0) is 21.5. The Bertz CT molecular complexity index is 569. The molecule has 0 saturated heterocycles. The van der Waals surface area contributed by atoms with Gasteiger partial charge in [0.2, 0.25) is 0 Å². The molecule has 0 unspecified atom stereocenters. The van der Waals surface area contributed by atoms with Gasteiger partial charge >= 0.3 is 42.7 Å². The number of ether oxygens (including phenoxy) is 1. The van der Waals surface area contributed by atoms with E-state index in [9.17, 15) is 70.7 Å². The van der Waals surface area contributed by atoms with Crippen LogP contribution >= 0.6 is 0 Å². The Morgan fingerprint density at radius 3 is 1.35 bits per heavy atom. The van der Waals surface area contributed by atoms with Crippen molar-refractivity contribution in [1.29, 1.82) is 0 Å². The second-order valence-corrected chi connectivity index (χ2v) is 3.87. The molecular weight excluding hydrogens is 427 g/mol. The van der Waals surface area contributed by atoms with E-state index in [-0.39, 0.29) is 0 Å². The third-order valence-electron chi connectivity index (χ3n) is 2.06. The van der Waals surface area contributed by atoms with Crippen LogP contribution in [-0.2, 0) is 4.74 Å². The summed E-state index contributed by atoms with van der Waals surface area (Å²) < 4.78 is 186. The molecule has 0 aromatic carbocycles. The SMILES string of the molecule is O=C(OC(F)(F)C(F)(F)F)N(C(F)(F)C(F)=C(F)F)C(F)(F)C(F)(F)F. The molecule has 0 fully saturated rings. The third-order valence-corrected chi connectivity index (χ3v) is 2.06. The summed E-state index contributed by atoms with van der Waals surface area (Å²) in [7, 11) is 0. The summed E-state index contributed by atoms with van der Waals surface area (Å²) in [6.45, 7) is 0. The second kappa shape index (κ2) is 6.60. The van der Waals surface area contributed by atoms with E-state index in [0.717, 1.165) is 0 Å². The Labute approximate surface area is 130 Å². The fraction of sp³-hybridized carbons (Fsp3) is 0.625. The first-order valence-corrected chi connectivity index (χ1v) is 5.12. The Kier molecular flexibility index (Phi) is 6.08. The summed E-state index contributed by atoms with van der Waals surface area (Å²) in [5.41, 5.74) is 0. The minimum Gasteiger partial charge on any atom is -0.377 e. The number of alkyl halides is 12. The zero-order valence-electron chi connectivity index (χ0n) is 10.9. The smallest absolute Gasteiger partial charge is 0.377 e. The van der Waals surface area contributed by atoms with Crippen LogP contribution in [0.5, 0.6) is 0 Å². The predicted octanol–water partition coefficient (Wildman–Crippen LogP) is 5.41. The van der Waals surface area contributed by atoms with E-state index in [1.54, 1.807) is 4.74 Å². The fourth-order valence-corrected chi connectivity index (χ4v) is 0.957. The molecule has 0 atom stereocenters. The van der Waals surface area contributed by atoms with E-state index < -0.39 is 53.5 Å². The van der Waals surface area contributed by atoms with Crippen molar-refractivity contribution in [1.82, 2.24) is 4.90 Å². The van der Waals surface area contributed by atoms with Gasteiger partial charge in [-0.1, -0.05) is 0 Å². The minimum absolute atomic E-state index is 1.80. The van der Waals surface area contributed by atoms with Gasteiger partial charge in [0.05, 0.1) is 0 Å². The molecule has 0 aromatic rings. The van der Waals surface area contributed by atoms with E-state index in [1.165, 1.54) is 0 Å². The van der Waals surface area contributed by atoms with Crippen LogP contribution in [-0.4, -0.2) is 41.5 Å². The highest BCUT2D eigenvalue weighted by atomic mass is 19.4. The molecule has 1 amide bonds. The van der Waals surface area contributed by atoms with E-state index in [0.29, 0.717) is 0 Å². The van der Waals surface area contributed by atoms with E-state index >= 15 is 0 Å². The average Bonchev–Trinajstić information content (AvgIpc) is 2.33. The Morgan fingerprint density at radius 1 is 0.692 bits per heavy atom. The van der Waals surface area contributed by atoms with Gasteiger partial charge in [-0.2, -0.15) is 70.8 Å².